The molecule has 1 aliphatic rings. The van der Waals surface area contributed by atoms with Gasteiger partial charge in [0.05, 0.1) is 6.54 Å². The number of urea groups is 1. The number of carboxylic acid groups (broad SMARTS) is 1. The molecule has 1 fully saturated rings. The van der Waals surface area contributed by atoms with Gasteiger partial charge in [0.1, 0.15) is 6.04 Å². The van der Waals surface area contributed by atoms with Gasteiger partial charge in [0, 0.05) is 36.5 Å². The maximum Gasteiger partial charge on any atom is 0.327 e. The van der Waals surface area contributed by atoms with Crippen molar-refractivity contribution >= 4 is 23.8 Å². The lowest BCUT2D eigenvalue weighted by atomic mass is 10.3. The Morgan fingerprint density at radius 3 is 3.05 bits per heavy atom. The highest BCUT2D eigenvalue weighted by Crippen LogP contribution is 2.16. The third-order valence-corrected chi connectivity index (χ3v) is 4.09. The Morgan fingerprint density at radius 2 is 2.40 bits per heavy atom. The van der Waals surface area contributed by atoms with E-state index in [-0.39, 0.29) is 12.1 Å². The summed E-state index contributed by atoms with van der Waals surface area (Å²) >= 11 is 1.56. The first-order valence-corrected chi connectivity index (χ1v) is 7.58. The largest absolute Gasteiger partial charge is 0.480 e. The predicted octanol–water partition coefficient (Wildman–Crippen LogP) is 0.483. The molecule has 0 spiro atoms. The van der Waals surface area contributed by atoms with Crippen molar-refractivity contribution in [2.24, 2.45) is 0 Å². The Hall–Kier alpha value is -1.70. The molecule has 2 unspecified atom stereocenters. The number of thioether (sulfide) groups is 1. The third kappa shape index (κ3) is 3.66. The van der Waals surface area contributed by atoms with Gasteiger partial charge in [-0.3, -0.25) is 4.68 Å². The first kappa shape index (κ1) is 14.7. The molecule has 2 N–H and O–H groups in total. The van der Waals surface area contributed by atoms with Crippen LogP contribution in [0, 0.1) is 0 Å². The number of rotatable bonds is 4. The Labute approximate surface area is 121 Å². The summed E-state index contributed by atoms with van der Waals surface area (Å²) in [5.74, 6) is 0.258. The van der Waals surface area contributed by atoms with Crippen molar-refractivity contribution in [3.8, 4) is 0 Å². The Bertz CT molecular complexity index is 465. The van der Waals surface area contributed by atoms with E-state index >= 15 is 0 Å². The fraction of sp³-hybridized carbons (Fsp3) is 0.583. The molecule has 8 heteroatoms. The van der Waals surface area contributed by atoms with E-state index in [0.717, 1.165) is 5.75 Å². The molecule has 1 aromatic rings. The molecule has 110 valence electrons. The van der Waals surface area contributed by atoms with Gasteiger partial charge in [0.2, 0.25) is 0 Å². The molecule has 0 radical (unpaired) electrons. The first-order chi connectivity index (χ1) is 9.58. The molecule has 2 rings (SSSR count). The Balaban J connectivity index is 1.90. The number of carbonyl (C=O) groups is 2. The fourth-order valence-corrected chi connectivity index (χ4v) is 3.12. The van der Waals surface area contributed by atoms with Crippen molar-refractivity contribution in [3.05, 3.63) is 18.5 Å². The summed E-state index contributed by atoms with van der Waals surface area (Å²) in [7, 11) is 0. The van der Waals surface area contributed by atoms with Crippen molar-refractivity contribution in [1.82, 2.24) is 20.0 Å². The quantitative estimate of drug-likeness (QED) is 0.844. The van der Waals surface area contributed by atoms with Crippen LogP contribution in [0.3, 0.4) is 0 Å². The van der Waals surface area contributed by atoms with Crippen LogP contribution in [0.1, 0.15) is 6.92 Å². The minimum Gasteiger partial charge on any atom is -0.480 e. The number of nitrogens with one attached hydrogen (secondary N) is 1. The van der Waals surface area contributed by atoms with E-state index in [1.807, 2.05) is 19.2 Å². The number of nitrogens with zero attached hydrogens (tertiary/aromatic N) is 3. The normalized spacial score (nSPS) is 20.4. The van der Waals surface area contributed by atoms with Gasteiger partial charge in [-0.15, -0.1) is 0 Å². The second-order valence-corrected chi connectivity index (χ2v) is 5.85. The van der Waals surface area contributed by atoms with Gasteiger partial charge in [-0.2, -0.15) is 16.9 Å². The van der Waals surface area contributed by atoms with Crippen LogP contribution in [0.15, 0.2) is 18.5 Å². The minimum atomic E-state index is -0.952. The summed E-state index contributed by atoms with van der Waals surface area (Å²) in [5.41, 5.74) is 0. The van der Waals surface area contributed by atoms with E-state index in [9.17, 15) is 9.59 Å². The molecule has 1 saturated heterocycles. The molecular weight excluding hydrogens is 280 g/mol. The van der Waals surface area contributed by atoms with E-state index < -0.39 is 12.0 Å². The first-order valence-electron chi connectivity index (χ1n) is 6.43. The lowest BCUT2D eigenvalue weighted by Gasteiger charge is -2.33. The molecule has 2 amide bonds. The monoisotopic (exact) mass is 298 g/mol. The van der Waals surface area contributed by atoms with Gasteiger partial charge in [0.15, 0.2) is 0 Å². The zero-order valence-electron chi connectivity index (χ0n) is 11.2. The lowest BCUT2D eigenvalue weighted by Crippen LogP contribution is -2.55. The second kappa shape index (κ2) is 6.65. The maximum absolute atomic E-state index is 12.2. The van der Waals surface area contributed by atoms with Crippen LogP contribution in [0.2, 0.25) is 0 Å². The van der Waals surface area contributed by atoms with Crippen LogP contribution in [0.5, 0.6) is 0 Å². The number of carbonyl (C=O) groups excluding carboxylic acids is 1. The van der Waals surface area contributed by atoms with Gasteiger partial charge in [-0.25, -0.2) is 9.59 Å². The molecule has 20 heavy (non-hydrogen) atoms. The number of hydrogen-bond acceptors (Lipinski definition) is 4. The number of aliphatic carboxylic acids is 1. The van der Waals surface area contributed by atoms with Crippen molar-refractivity contribution in [2.75, 3.05) is 18.1 Å². The van der Waals surface area contributed by atoms with Gasteiger partial charge in [-0.1, -0.05) is 0 Å². The second-order valence-electron chi connectivity index (χ2n) is 4.70. The molecule has 1 aliphatic heterocycles. The van der Waals surface area contributed by atoms with Crippen LogP contribution < -0.4 is 5.32 Å². The lowest BCUT2D eigenvalue weighted by molar-refractivity contribution is -0.141. The zero-order chi connectivity index (χ0) is 14.5. The van der Waals surface area contributed by atoms with E-state index in [4.69, 9.17) is 5.11 Å². The molecule has 0 bridgehead atoms. The summed E-state index contributed by atoms with van der Waals surface area (Å²) in [5, 5.41) is 16.0. The molecule has 0 aliphatic carbocycles. The fourth-order valence-electron chi connectivity index (χ4n) is 2.08. The van der Waals surface area contributed by atoms with E-state index in [0.29, 0.717) is 18.8 Å². The molecule has 0 aromatic carbocycles. The summed E-state index contributed by atoms with van der Waals surface area (Å²) in [6, 6.07) is 0.631. The van der Waals surface area contributed by atoms with Crippen LogP contribution in [-0.2, 0) is 11.3 Å². The number of amides is 2. The van der Waals surface area contributed by atoms with Gasteiger partial charge >= 0.3 is 12.0 Å². The topological polar surface area (TPSA) is 87.5 Å². The van der Waals surface area contributed by atoms with Crippen LogP contribution in [0.25, 0.3) is 0 Å². The highest BCUT2D eigenvalue weighted by molar-refractivity contribution is 7.99. The summed E-state index contributed by atoms with van der Waals surface area (Å²) in [6.45, 7) is 2.88. The average Bonchev–Trinajstić information content (AvgIpc) is 2.91. The molecule has 7 nitrogen and oxygen atoms in total. The molecule has 0 saturated carbocycles. The highest BCUT2D eigenvalue weighted by atomic mass is 32.2. The van der Waals surface area contributed by atoms with Crippen molar-refractivity contribution in [3.63, 3.8) is 0 Å². The van der Waals surface area contributed by atoms with Crippen molar-refractivity contribution in [1.29, 1.82) is 0 Å². The van der Waals surface area contributed by atoms with E-state index in [1.165, 1.54) is 4.90 Å². The Kier molecular flexibility index (Phi) is 4.89. The summed E-state index contributed by atoms with van der Waals surface area (Å²) in [4.78, 5) is 24.7. The number of carboxylic acids is 1. The van der Waals surface area contributed by atoms with Gasteiger partial charge in [-0.05, 0) is 13.0 Å². The Morgan fingerprint density at radius 1 is 1.60 bits per heavy atom. The average molecular weight is 298 g/mol. The maximum atomic E-state index is 12.2. The number of hydrogen-bond donors (Lipinski definition) is 2. The van der Waals surface area contributed by atoms with E-state index in [2.05, 4.69) is 10.4 Å². The smallest absolute Gasteiger partial charge is 0.327 e. The zero-order valence-corrected chi connectivity index (χ0v) is 12.0. The molecular formula is C12H18N4O3S. The third-order valence-electron chi connectivity index (χ3n) is 3.06. The van der Waals surface area contributed by atoms with Gasteiger partial charge < -0.3 is 15.3 Å². The molecule has 2 heterocycles. The van der Waals surface area contributed by atoms with Crippen LogP contribution in [0.4, 0.5) is 4.79 Å². The summed E-state index contributed by atoms with van der Waals surface area (Å²) < 4.78 is 1.73. The molecule has 2 atom stereocenters. The van der Waals surface area contributed by atoms with Crippen molar-refractivity contribution < 1.29 is 14.7 Å². The van der Waals surface area contributed by atoms with E-state index in [1.54, 1.807) is 22.6 Å². The summed E-state index contributed by atoms with van der Waals surface area (Å²) in [6.07, 6.45) is 3.50. The predicted molar refractivity (Wildman–Crippen MR) is 75.7 cm³/mol. The van der Waals surface area contributed by atoms with Gasteiger partial charge in [0.25, 0.3) is 0 Å². The van der Waals surface area contributed by atoms with Crippen LogP contribution >= 0.6 is 11.8 Å². The minimum absolute atomic E-state index is 0.119. The standard InChI is InChI=1S/C12H18N4O3S/c1-9(7-15-4-2-3-13-15)14-12(19)16-5-6-20-8-10(16)11(17)18/h2-4,9-10H,5-8H2,1H3,(H,14,19)(H,17,18). The molecule has 1 aromatic heterocycles. The highest BCUT2D eigenvalue weighted by Gasteiger charge is 2.32. The van der Waals surface area contributed by atoms with Crippen molar-refractivity contribution in [2.45, 2.75) is 25.6 Å². The SMILES string of the molecule is CC(Cn1cccn1)NC(=O)N1CCSCC1C(=O)O. The van der Waals surface area contributed by atoms with Crippen LogP contribution in [-0.4, -0.2) is 61.9 Å². The number of aromatic nitrogens is 2.